The molecule has 118 valence electrons. The average molecular weight is 298 g/mol. The molecule has 3 rings (SSSR count). The third kappa shape index (κ3) is 2.96. The fourth-order valence-corrected chi connectivity index (χ4v) is 2.97. The second-order valence-electron chi connectivity index (χ2n) is 5.03. The van der Waals surface area contributed by atoms with Gasteiger partial charge in [-0.3, -0.25) is 9.59 Å². The van der Waals surface area contributed by atoms with E-state index in [0.29, 0.717) is 11.1 Å². The van der Waals surface area contributed by atoms with E-state index in [1.165, 1.54) is 0 Å². The normalized spacial score (nSPS) is 21.5. The van der Waals surface area contributed by atoms with Crippen LogP contribution in [0.25, 0.3) is 0 Å². The van der Waals surface area contributed by atoms with Crippen LogP contribution in [0.5, 0.6) is 0 Å². The summed E-state index contributed by atoms with van der Waals surface area (Å²) in [6.07, 6.45) is 5.66. The van der Waals surface area contributed by atoms with Gasteiger partial charge < -0.3 is 0 Å². The van der Waals surface area contributed by atoms with Crippen LogP contribution in [0.4, 0.5) is 0 Å². The maximum absolute atomic E-state index is 12.5. The predicted molar refractivity (Wildman–Crippen MR) is 92.4 cm³/mol. The van der Waals surface area contributed by atoms with E-state index in [-0.39, 0.29) is 23.4 Å². The van der Waals surface area contributed by atoms with E-state index in [4.69, 9.17) is 0 Å². The minimum atomic E-state index is -0.309. The summed E-state index contributed by atoms with van der Waals surface area (Å²) in [5.74, 6) is -0.444. The molecule has 2 aliphatic carbocycles. The van der Waals surface area contributed by atoms with Crippen molar-refractivity contribution < 1.29 is 9.59 Å². The smallest absolute Gasteiger partial charge is 0.171 e. The quantitative estimate of drug-likeness (QED) is 0.661. The zero-order valence-corrected chi connectivity index (χ0v) is 14.4. The van der Waals surface area contributed by atoms with Crippen molar-refractivity contribution >= 4 is 11.6 Å². The Labute approximate surface area is 133 Å². The van der Waals surface area contributed by atoms with E-state index in [2.05, 4.69) is 0 Å². The van der Waals surface area contributed by atoms with Crippen LogP contribution in [0.3, 0.4) is 0 Å². The summed E-state index contributed by atoms with van der Waals surface area (Å²) >= 11 is 0. The molecule has 0 fully saturated rings. The van der Waals surface area contributed by atoms with Gasteiger partial charge in [-0.2, -0.15) is 0 Å². The first-order valence-electron chi connectivity index (χ1n) is 8.14. The molecule has 0 bridgehead atoms. The van der Waals surface area contributed by atoms with Crippen LogP contribution >= 0.6 is 0 Å². The highest BCUT2D eigenvalue weighted by molar-refractivity contribution is 6.18. The standard InChI is InChI=1S/C16H14O2.2C2H6/c1-9-5-3-7-11-13(9)15(17)12-8-4-6-10(2)14(12)16(11)18;2*1-2/h3-8,11,13H,1-2H3;2*1-2H3. The Morgan fingerprint density at radius 3 is 2.18 bits per heavy atom. The fraction of sp³-hybridized carbons (Fsp3) is 0.400. The van der Waals surface area contributed by atoms with Gasteiger partial charge in [0, 0.05) is 11.1 Å². The summed E-state index contributed by atoms with van der Waals surface area (Å²) < 4.78 is 0. The van der Waals surface area contributed by atoms with Crippen LogP contribution in [0, 0.1) is 18.8 Å². The molecule has 2 heteroatoms. The molecule has 0 saturated carbocycles. The summed E-state index contributed by atoms with van der Waals surface area (Å²) in [5, 5.41) is 0. The van der Waals surface area contributed by atoms with Gasteiger partial charge in [0.2, 0.25) is 0 Å². The second kappa shape index (κ2) is 7.88. The SMILES string of the molecule is CC.CC.CC1=CC=CC2C(=O)c3c(C)cccc3C(=O)C12. The number of allylic oxidation sites excluding steroid dienone is 4. The Morgan fingerprint density at radius 2 is 1.55 bits per heavy atom. The highest BCUT2D eigenvalue weighted by Gasteiger charge is 2.42. The Bertz CT molecular complexity index is 621. The van der Waals surface area contributed by atoms with Crippen molar-refractivity contribution in [3.63, 3.8) is 0 Å². The van der Waals surface area contributed by atoms with Gasteiger partial charge in [-0.05, 0) is 19.4 Å². The molecule has 2 aliphatic rings. The van der Waals surface area contributed by atoms with E-state index in [9.17, 15) is 9.59 Å². The monoisotopic (exact) mass is 298 g/mol. The molecule has 2 nitrogen and oxygen atoms in total. The Hall–Kier alpha value is -1.96. The molecule has 2 atom stereocenters. The van der Waals surface area contributed by atoms with Gasteiger partial charge >= 0.3 is 0 Å². The van der Waals surface area contributed by atoms with Crippen LogP contribution in [0.2, 0.25) is 0 Å². The van der Waals surface area contributed by atoms with Gasteiger partial charge in [-0.25, -0.2) is 0 Å². The van der Waals surface area contributed by atoms with Gasteiger partial charge in [0.1, 0.15) is 0 Å². The van der Waals surface area contributed by atoms with Gasteiger partial charge in [0.25, 0.3) is 0 Å². The van der Waals surface area contributed by atoms with Crippen LogP contribution in [0.15, 0.2) is 42.0 Å². The first-order chi connectivity index (χ1) is 10.6. The van der Waals surface area contributed by atoms with Gasteiger partial charge in [0.15, 0.2) is 11.6 Å². The van der Waals surface area contributed by atoms with Crippen molar-refractivity contribution in [2.24, 2.45) is 11.8 Å². The lowest BCUT2D eigenvalue weighted by molar-refractivity contribution is 0.0793. The largest absolute Gasteiger partial charge is 0.293 e. The molecular weight excluding hydrogens is 272 g/mol. The lowest BCUT2D eigenvalue weighted by atomic mass is 9.68. The summed E-state index contributed by atoms with van der Waals surface area (Å²) in [5.41, 5.74) is 3.07. The number of Topliss-reactive ketones (excluding diaryl/α,β-unsaturated/α-hetero) is 2. The van der Waals surface area contributed by atoms with E-state index < -0.39 is 0 Å². The first-order valence-corrected chi connectivity index (χ1v) is 8.14. The van der Waals surface area contributed by atoms with Crippen LogP contribution in [-0.4, -0.2) is 11.6 Å². The van der Waals surface area contributed by atoms with Crippen molar-refractivity contribution in [2.75, 3.05) is 0 Å². The maximum Gasteiger partial charge on any atom is 0.171 e. The molecule has 0 radical (unpaired) electrons. The number of carbonyl (C=O) groups excluding carboxylic acids is 2. The zero-order chi connectivity index (χ0) is 16.9. The van der Waals surface area contributed by atoms with E-state index in [1.54, 1.807) is 6.07 Å². The topological polar surface area (TPSA) is 34.1 Å². The summed E-state index contributed by atoms with van der Waals surface area (Å²) in [6.45, 7) is 11.8. The van der Waals surface area contributed by atoms with E-state index >= 15 is 0 Å². The molecule has 22 heavy (non-hydrogen) atoms. The summed E-state index contributed by atoms with van der Waals surface area (Å²) in [6, 6.07) is 5.50. The van der Waals surface area contributed by atoms with Crippen LogP contribution in [0.1, 0.15) is 60.9 Å². The number of rotatable bonds is 0. The van der Waals surface area contributed by atoms with Crippen molar-refractivity contribution in [1.29, 1.82) is 0 Å². The number of aryl methyl sites for hydroxylation is 1. The van der Waals surface area contributed by atoms with Gasteiger partial charge in [0.05, 0.1) is 11.8 Å². The predicted octanol–water partition coefficient (Wildman–Crippen LogP) is 5.17. The molecule has 1 aromatic carbocycles. The highest BCUT2D eigenvalue weighted by atomic mass is 16.1. The maximum atomic E-state index is 12.5. The molecular formula is C20H26O2. The lowest BCUT2D eigenvalue weighted by Gasteiger charge is -2.32. The number of fused-ring (bicyclic) bond motifs is 2. The molecule has 1 aromatic rings. The molecule has 0 saturated heterocycles. The number of carbonyl (C=O) groups is 2. The highest BCUT2D eigenvalue weighted by Crippen LogP contribution is 2.38. The van der Waals surface area contributed by atoms with E-state index in [0.717, 1.165) is 11.1 Å². The molecule has 0 N–H and O–H groups in total. The summed E-state index contributed by atoms with van der Waals surface area (Å²) in [4.78, 5) is 25.1. The van der Waals surface area contributed by atoms with Crippen LogP contribution in [-0.2, 0) is 0 Å². The third-order valence-corrected chi connectivity index (χ3v) is 3.90. The lowest BCUT2D eigenvalue weighted by Crippen LogP contribution is -2.37. The molecule has 0 aliphatic heterocycles. The van der Waals surface area contributed by atoms with Crippen molar-refractivity contribution in [3.05, 3.63) is 58.7 Å². The zero-order valence-electron chi connectivity index (χ0n) is 14.4. The second-order valence-corrected chi connectivity index (χ2v) is 5.03. The number of hydrogen-bond donors (Lipinski definition) is 0. The minimum absolute atomic E-state index is 0.0800. The number of benzene rings is 1. The average Bonchev–Trinajstić information content (AvgIpc) is 2.56. The Balaban J connectivity index is 0.000000561. The Kier molecular flexibility index (Phi) is 6.48. The first kappa shape index (κ1) is 18.1. The molecule has 2 unspecified atom stereocenters. The minimum Gasteiger partial charge on any atom is -0.293 e. The van der Waals surface area contributed by atoms with Gasteiger partial charge in [-0.1, -0.05) is 69.7 Å². The van der Waals surface area contributed by atoms with Crippen molar-refractivity contribution in [2.45, 2.75) is 41.5 Å². The van der Waals surface area contributed by atoms with E-state index in [1.807, 2.05) is 71.9 Å². The van der Waals surface area contributed by atoms with Crippen molar-refractivity contribution in [1.82, 2.24) is 0 Å². The molecule has 0 spiro atoms. The Morgan fingerprint density at radius 1 is 0.909 bits per heavy atom. The molecule has 0 aromatic heterocycles. The third-order valence-electron chi connectivity index (χ3n) is 3.90. The fourth-order valence-electron chi connectivity index (χ4n) is 2.97. The summed E-state index contributed by atoms with van der Waals surface area (Å²) in [7, 11) is 0. The van der Waals surface area contributed by atoms with Crippen molar-refractivity contribution in [3.8, 4) is 0 Å². The van der Waals surface area contributed by atoms with Crippen LogP contribution < -0.4 is 0 Å². The number of ketones is 2. The molecule has 0 amide bonds. The molecule has 0 heterocycles. The van der Waals surface area contributed by atoms with Gasteiger partial charge in [-0.15, -0.1) is 0 Å². The number of hydrogen-bond acceptors (Lipinski definition) is 2.